The fourth-order valence-electron chi connectivity index (χ4n) is 3.64. The summed E-state index contributed by atoms with van der Waals surface area (Å²) in [7, 11) is -3.49. The number of ketones is 1. The molecule has 0 spiro atoms. The van der Waals surface area contributed by atoms with Crippen LogP contribution in [0.25, 0.3) is 0 Å². The Morgan fingerprint density at radius 1 is 1.08 bits per heavy atom. The Morgan fingerprint density at radius 3 is 2.08 bits per heavy atom. The van der Waals surface area contributed by atoms with Crippen LogP contribution in [0, 0.1) is 17.3 Å². The minimum absolute atomic E-state index is 0.0239. The van der Waals surface area contributed by atoms with Crippen molar-refractivity contribution in [3.05, 3.63) is 0 Å². The van der Waals surface area contributed by atoms with Gasteiger partial charge in [0, 0.05) is 6.42 Å². The molecule has 0 amide bonds. The van der Waals surface area contributed by atoms with Crippen molar-refractivity contribution in [1.29, 1.82) is 0 Å². The molecule has 2 fully saturated rings. The molecule has 6 nitrogen and oxygen atoms in total. The molecular weight excluding hydrogens is 342 g/mol. The molecule has 2 aliphatic rings. The van der Waals surface area contributed by atoms with Gasteiger partial charge in [-0.05, 0) is 37.0 Å². The zero-order chi connectivity index (χ0) is 18.8. The molecule has 2 N–H and O–H groups in total. The smallest absolute Gasteiger partial charge is 0.307 e. The molecule has 2 aliphatic carbocycles. The summed E-state index contributed by atoms with van der Waals surface area (Å²) in [5.74, 6) is -2.13. The SMILES string of the molecule is CC(C)(C)[C@H](CC(=O)[C@@H](NS(=O)(=O)C1CC1)C1CCCCC1)C(=O)O. The second-order valence-electron chi connectivity index (χ2n) is 8.67. The number of Topliss-reactive ketones (excluding diaryl/α,β-unsaturated/α-hetero) is 1. The molecule has 0 unspecified atom stereocenters. The number of carbonyl (C=O) groups is 2. The van der Waals surface area contributed by atoms with E-state index in [0.717, 1.165) is 32.1 Å². The predicted molar refractivity (Wildman–Crippen MR) is 95.6 cm³/mol. The van der Waals surface area contributed by atoms with Crippen molar-refractivity contribution >= 4 is 21.8 Å². The highest BCUT2D eigenvalue weighted by Crippen LogP contribution is 2.34. The third-order valence-electron chi connectivity index (χ3n) is 5.47. The first-order valence-electron chi connectivity index (χ1n) is 9.29. The lowest BCUT2D eigenvalue weighted by atomic mass is 9.75. The Kier molecular flexibility index (Phi) is 6.30. The quantitative estimate of drug-likeness (QED) is 0.681. The number of carboxylic acids is 1. The van der Waals surface area contributed by atoms with Gasteiger partial charge < -0.3 is 5.11 Å². The van der Waals surface area contributed by atoms with Crippen LogP contribution in [0.3, 0.4) is 0 Å². The van der Waals surface area contributed by atoms with Crippen molar-refractivity contribution in [1.82, 2.24) is 4.72 Å². The summed E-state index contributed by atoms with van der Waals surface area (Å²) in [6.07, 6.45) is 5.86. The van der Waals surface area contributed by atoms with Gasteiger partial charge in [0.15, 0.2) is 5.78 Å². The predicted octanol–water partition coefficient (Wildman–Crippen LogP) is 2.72. The average molecular weight is 374 g/mol. The Morgan fingerprint density at radius 2 is 1.64 bits per heavy atom. The van der Waals surface area contributed by atoms with Crippen molar-refractivity contribution in [3.63, 3.8) is 0 Å². The Balaban J connectivity index is 2.17. The van der Waals surface area contributed by atoms with Crippen molar-refractivity contribution < 1.29 is 23.1 Å². The summed E-state index contributed by atoms with van der Waals surface area (Å²) in [5, 5.41) is 9.10. The van der Waals surface area contributed by atoms with Gasteiger partial charge in [0.05, 0.1) is 17.2 Å². The molecule has 0 aliphatic heterocycles. The van der Waals surface area contributed by atoms with Crippen molar-refractivity contribution in [2.75, 3.05) is 0 Å². The molecule has 0 heterocycles. The van der Waals surface area contributed by atoms with Gasteiger partial charge in [-0.3, -0.25) is 9.59 Å². The summed E-state index contributed by atoms with van der Waals surface area (Å²) in [4.78, 5) is 24.5. The lowest BCUT2D eigenvalue weighted by Crippen LogP contribution is -2.49. The molecule has 0 bridgehead atoms. The molecule has 0 aromatic rings. The minimum Gasteiger partial charge on any atom is -0.481 e. The Hall–Kier alpha value is -0.950. The van der Waals surface area contributed by atoms with Gasteiger partial charge in [-0.15, -0.1) is 0 Å². The molecule has 0 saturated heterocycles. The van der Waals surface area contributed by atoms with Gasteiger partial charge >= 0.3 is 5.97 Å². The van der Waals surface area contributed by atoms with E-state index in [2.05, 4.69) is 4.72 Å². The lowest BCUT2D eigenvalue weighted by molar-refractivity contribution is -0.148. The van der Waals surface area contributed by atoms with E-state index in [4.69, 9.17) is 0 Å². The Labute approximate surface area is 150 Å². The zero-order valence-electron chi connectivity index (χ0n) is 15.5. The standard InChI is InChI=1S/C18H31NO5S/c1-18(2,3)14(17(21)22)11-15(20)16(12-7-5-4-6-8-12)19-25(23,24)13-9-10-13/h12-14,16,19H,4-11H2,1-3H3,(H,21,22)/t14-,16+/m1/s1. The van der Waals surface area contributed by atoms with Crippen molar-refractivity contribution in [3.8, 4) is 0 Å². The maximum absolute atomic E-state index is 12.9. The summed E-state index contributed by atoms with van der Waals surface area (Å²) in [5.41, 5.74) is -0.562. The monoisotopic (exact) mass is 373 g/mol. The fraction of sp³-hybridized carbons (Fsp3) is 0.889. The molecule has 25 heavy (non-hydrogen) atoms. The van der Waals surface area contributed by atoms with Crippen LogP contribution in [0.15, 0.2) is 0 Å². The van der Waals surface area contributed by atoms with Crippen molar-refractivity contribution in [2.24, 2.45) is 17.3 Å². The molecule has 0 radical (unpaired) electrons. The van der Waals surface area contributed by atoms with Crippen LogP contribution in [0.4, 0.5) is 0 Å². The largest absolute Gasteiger partial charge is 0.481 e. The average Bonchev–Trinajstić information content (AvgIpc) is 3.34. The van der Waals surface area contributed by atoms with Gasteiger partial charge in [0.2, 0.25) is 10.0 Å². The van der Waals surface area contributed by atoms with Crippen LogP contribution in [0.5, 0.6) is 0 Å². The summed E-state index contributed by atoms with van der Waals surface area (Å²) < 4.78 is 27.4. The highest BCUT2D eigenvalue weighted by molar-refractivity contribution is 7.90. The maximum Gasteiger partial charge on any atom is 0.307 e. The first-order chi connectivity index (χ1) is 11.5. The minimum atomic E-state index is -3.49. The topological polar surface area (TPSA) is 101 Å². The van der Waals surface area contributed by atoms with E-state index in [1.54, 1.807) is 20.8 Å². The molecule has 7 heteroatoms. The number of carboxylic acid groups (broad SMARTS) is 1. The van der Waals surface area contributed by atoms with Crippen LogP contribution in [0.2, 0.25) is 0 Å². The highest BCUT2D eigenvalue weighted by Gasteiger charge is 2.42. The number of carbonyl (C=O) groups excluding carboxylic acids is 1. The molecule has 0 aromatic carbocycles. The van der Waals surface area contributed by atoms with Gasteiger partial charge in [-0.25, -0.2) is 13.1 Å². The summed E-state index contributed by atoms with van der Waals surface area (Å²) >= 11 is 0. The van der Waals surface area contributed by atoms with Crippen LogP contribution < -0.4 is 4.72 Å². The van der Waals surface area contributed by atoms with Crippen LogP contribution in [0.1, 0.15) is 72.1 Å². The van der Waals surface area contributed by atoms with E-state index in [0.29, 0.717) is 12.8 Å². The van der Waals surface area contributed by atoms with Crippen LogP contribution in [-0.4, -0.2) is 36.6 Å². The van der Waals surface area contributed by atoms with Crippen LogP contribution >= 0.6 is 0 Å². The van der Waals surface area contributed by atoms with Gasteiger partial charge in [0.25, 0.3) is 0 Å². The molecule has 144 valence electrons. The molecule has 2 saturated carbocycles. The number of hydrogen-bond donors (Lipinski definition) is 2. The number of aliphatic carboxylic acids is 1. The highest BCUT2D eigenvalue weighted by atomic mass is 32.2. The lowest BCUT2D eigenvalue weighted by Gasteiger charge is -2.32. The number of nitrogens with one attached hydrogen (secondary N) is 1. The summed E-state index contributed by atoms with van der Waals surface area (Å²) in [6.45, 7) is 5.38. The summed E-state index contributed by atoms with van der Waals surface area (Å²) in [6, 6.07) is -0.782. The fourth-order valence-corrected chi connectivity index (χ4v) is 5.26. The molecule has 2 rings (SSSR count). The third kappa shape index (κ3) is 5.51. The van der Waals surface area contributed by atoms with Gasteiger partial charge in [-0.1, -0.05) is 40.0 Å². The van der Waals surface area contributed by atoms with Crippen LogP contribution in [-0.2, 0) is 19.6 Å². The number of hydrogen-bond acceptors (Lipinski definition) is 4. The molecule has 0 aromatic heterocycles. The second kappa shape index (κ2) is 7.74. The van der Waals surface area contributed by atoms with Gasteiger partial charge in [0.1, 0.15) is 0 Å². The van der Waals surface area contributed by atoms with E-state index in [1.165, 1.54) is 0 Å². The van der Waals surface area contributed by atoms with E-state index >= 15 is 0 Å². The number of sulfonamides is 1. The first kappa shape index (κ1) is 20.4. The molecular formula is C18H31NO5S. The second-order valence-corrected chi connectivity index (χ2v) is 10.7. The van der Waals surface area contributed by atoms with E-state index in [-0.39, 0.29) is 23.4 Å². The number of rotatable bonds is 8. The molecule has 2 atom stereocenters. The van der Waals surface area contributed by atoms with Gasteiger partial charge in [-0.2, -0.15) is 0 Å². The first-order valence-corrected chi connectivity index (χ1v) is 10.8. The van der Waals surface area contributed by atoms with E-state index < -0.39 is 33.4 Å². The van der Waals surface area contributed by atoms with E-state index in [9.17, 15) is 23.1 Å². The third-order valence-corrected chi connectivity index (χ3v) is 7.40. The zero-order valence-corrected chi connectivity index (χ0v) is 16.3. The normalized spacial score (nSPS) is 22.4. The Bertz CT molecular complexity index is 597. The van der Waals surface area contributed by atoms with Crippen molar-refractivity contribution in [2.45, 2.75) is 83.4 Å². The maximum atomic E-state index is 12.9. The van der Waals surface area contributed by atoms with E-state index in [1.807, 2.05) is 0 Å².